The van der Waals surface area contributed by atoms with Crippen molar-refractivity contribution in [1.29, 1.82) is 5.26 Å². The number of imide groups is 1. The van der Waals surface area contributed by atoms with Crippen LogP contribution in [-0.4, -0.2) is 60.5 Å². The average molecular weight is 406 g/mol. The summed E-state index contributed by atoms with van der Waals surface area (Å²) in [5, 5.41) is 21.5. The van der Waals surface area contributed by atoms with E-state index in [2.05, 4.69) is 10.2 Å². The van der Waals surface area contributed by atoms with Crippen molar-refractivity contribution in [2.45, 2.75) is 6.92 Å². The second-order valence-corrected chi connectivity index (χ2v) is 6.97. The predicted octanol–water partition coefficient (Wildman–Crippen LogP) is 1.33. The topological polar surface area (TPSA) is 114 Å². The van der Waals surface area contributed by atoms with E-state index in [1.165, 1.54) is 13.0 Å². The number of aliphatic carboxylic acids is 1. The fraction of sp³-hybridized carbons (Fsp3) is 0.273. The summed E-state index contributed by atoms with van der Waals surface area (Å²) in [6, 6.07) is 9.79. The number of carboxylic acid groups (broad SMARTS) is 1. The van der Waals surface area contributed by atoms with Crippen LogP contribution in [0.3, 0.4) is 0 Å². The van der Waals surface area contributed by atoms with Gasteiger partial charge in [-0.3, -0.25) is 19.3 Å². The lowest BCUT2D eigenvalue weighted by Crippen LogP contribution is -2.45. The van der Waals surface area contributed by atoms with Gasteiger partial charge in [0.2, 0.25) is 0 Å². The molecule has 2 amide bonds. The molecule has 2 heterocycles. The summed E-state index contributed by atoms with van der Waals surface area (Å²) in [7, 11) is 0. The van der Waals surface area contributed by atoms with E-state index in [0.29, 0.717) is 4.90 Å². The molecule has 1 aromatic rings. The maximum absolute atomic E-state index is 12.6. The minimum absolute atomic E-state index is 0.126. The van der Waals surface area contributed by atoms with Gasteiger partial charge in [0.25, 0.3) is 11.8 Å². The van der Waals surface area contributed by atoms with Gasteiger partial charge in [-0.05, 0) is 36.3 Å². The molecule has 8 nitrogen and oxygen atoms in total. The summed E-state index contributed by atoms with van der Waals surface area (Å²) < 4.78 is 0. The summed E-state index contributed by atoms with van der Waals surface area (Å²) in [4.78, 5) is 38.7. The van der Waals surface area contributed by atoms with Crippen molar-refractivity contribution < 1.29 is 19.5 Å². The molecule has 0 spiro atoms. The quantitative estimate of drug-likeness (QED) is 0.560. The molecule has 1 aromatic carbocycles. The van der Waals surface area contributed by atoms with Crippen molar-refractivity contribution >= 4 is 29.5 Å². The molecule has 154 valence electrons. The summed E-state index contributed by atoms with van der Waals surface area (Å²) >= 11 is 0. The molecule has 0 bridgehead atoms. The monoisotopic (exact) mass is 406 g/mol. The van der Waals surface area contributed by atoms with Gasteiger partial charge in [-0.25, -0.2) is 0 Å². The molecule has 8 heteroatoms. The summed E-state index contributed by atoms with van der Waals surface area (Å²) in [6.07, 6.45) is 4.96. The number of anilines is 1. The number of hydrogen-bond donors (Lipinski definition) is 2. The number of hydrogen-bond acceptors (Lipinski definition) is 6. The van der Waals surface area contributed by atoms with Crippen molar-refractivity contribution in [3.8, 4) is 6.07 Å². The Balaban J connectivity index is 1.80. The highest BCUT2D eigenvalue weighted by Gasteiger charge is 2.36. The molecule has 0 atom stereocenters. The summed E-state index contributed by atoms with van der Waals surface area (Å²) in [5.41, 5.74) is 2.22. The molecule has 3 rings (SSSR count). The molecule has 0 aliphatic carbocycles. The average Bonchev–Trinajstić information content (AvgIpc) is 2.75. The Morgan fingerprint density at radius 2 is 1.87 bits per heavy atom. The van der Waals surface area contributed by atoms with Crippen LogP contribution in [0.5, 0.6) is 0 Å². The standard InChI is InChI=1S/C22H22N4O4/c1-15-18(21(29)26(14-20(27)28)22(30)19(15)13-23)4-2-3-16-5-7-17(8-6-16)25-11-9-24-10-12-25/h2-8,24H,9-12,14H2,1H3,(H,27,28)/b3-2+,18-4-. The minimum Gasteiger partial charge on any atom is -0.480 e. The third-order valence-corrected chi connectivity index (χ3v) is 5.05. The lowest BCUT2D eigenvalue weighted by atomic mass is 9.95. The number of allylic oxidation sites excluding steroid dienone is 2. The van der Waals surface area contributed by atoms with Gasteiger partial charge in [-0.2, -0.15) is 5.26 Å². The van der Waals surface area contributed by atoms with Gasteiger partial charge in [-0.1, -0.05) is 24.3 Å². The SMILES string of the molecule is CC1=C(C#N)C(=O)N(CC(=O)O)C(=O)/C1=C\C=C\c1ccc(N2CCNCC2)cc1. The first kappa shape index (κ1) is 21.0. The zero-order valence-corrected chi connectivity index (χ0v) is 16.6. The Kier molecular flexibility index (Phi) is 6.45. The molecular formula is C22H22N4O4. The molecule has 1 fully saturated rings. The largest absolute Gasteiger partial charge is 0.480 e. The fourth-order valence-electron chi connectivity index (χ4n) is 3.41. The first-order valence-corrected chi connectivity index (χ1v) is 9.56. The second kappa shape index (κ2) is 9.20. The van der Waals surface area contributed by atoms with E-state index in [1.807, 2.05) is 24.3 Å². The molecule has 2 N–H and O–H groups in total. The normalized spacial score (nSPS) is 19.0. The number of carbonyl (C=O) groups excluding carboxylic acids is 2. The van der Waals surface area contributed by atoms with Crippen LogP contribution in [0.1, 0.15) is 12.5 Å². The molecule has 2 aliphatic heterocycles. The molecule has 0 saturated carbocycles. The highest BCUT2D eigenvalue weighted by molar-refractivity contribution is 6.19. The van der Waals surface area contributed by atoms with E-state index in [1.54, 1.807) is 18.2 Å². The number of rotatable bonds is 5. The van der Waals surface area contributed by atoms with Crippen LogP contribution >= 0.6 is 0 Å². The molecule has 30 heavy (non-hydrogen) atoms. The Hall–Kier alpha value is -3.70. The minimum atomic E-state index is -1.33. The zero-order chi connectivity index (χ0) is 21.7. The van der Waals surface area contributed by atoms with Gasteiger partial charge in [0.1, 0.15) is 18.2 Å². The van der Waals surface area contributed by atoms with Crippen molar-refractivity contribution in [1.82, 2.24) is 10.2 Å². The van der Waals surface area contributed by atoms with Crippen LogP contribution in [0.4, 0.5) is 5.69 Å². The van der Waals surface area contributed by atoms with Crippen LogP contribution in [0.25, 0.3) is 6.08 Å². The van der Waals surface area contributed by atoms with Crippen molar-refractivity contribution in [2.24, 2.45) is 0 Å². The Labute approximate surface area is 174 Å². The molecule has 1 saturated heterocycles. The molecule has 2 aliphatic rings. The van der Waals surface area contributed by atoms with Crippen LogP contribution < -0.4 is 10.2 Å². The predicted molar refractivity (Wildman–Crippen MR) is 111 cm³/mol. The first-order chi connectivity index (χ1) is 14.4. The van der Waals surface area contributed by atoms with Crippen molar-refractivity contribution in [3.63, 3.8) is 0 Å². The van der Waals surface area contributed by atoms with Gasteiger partial charge in [-0.15, -0.1) is 0 Å². The molecular weight excluding hydrogens is 384 g/mol. The number of piperazine rings is 1. The molecule has 0 unspecified atom stereocenters. The van der Waals surface area contributed by atoms with E-state index in [4.69, 9.17) is 5.11 Å². The van der Waals surface area contributed by atoms with Crippen molar-refractivity contribution in [2.75, 3.05) is 37.6 Å². The van der Waals surface area contributed by atoms with Gasteiger partial charge >= 0.3 is 5.97 Å². The maximum atomic E-state index is 12.6. The van der Waals surface area contributed by atoms with E-state index < -0.39 is 24.3 Å². The molecule has 0 radical (unpaired) electrons. The number of nitriles is 1. The lowest BCUT2D eigenvalue weighted by Gasteiger charge is -2.29. The van der Waals surface area contributed by atoms with Gasteiger partial charge in [0.05, 0.1) is 0 Å². The third kappa shape index (κ3) is 4.47. The maximum Gasteiger partial charge on any atom is 0.323 e. The second-order valence-electron chi connectivity index (χ2n) is 6.97. The van der Waals surface area contributed by atoms with Crippen LogP contribution in [0.2, 0.25) is 0 Å². The Morgan fingerprint density at radius 1 is 1.20 bits per heavy atom. The van der Waals surface area contributed by atoms with Gasteiger partial charge < -0.3 is 15.3 Å². The van der Waals surface area contributed by atoms with Gasteiger partial charge in [0.15, 0.2) is 0 Å². The van der Waals surface area contributed by atoms with E-state index in [9.17, 15) is 19.6 Å². The molecule has 0 aromatic heterocycles. The summed E-state index contributed by atoms with van der Waals surface area (Å²) in [5.74, 6) is -2.93. The van der Waals surface area contributed by atoms with E-state index in [-0.39, 0.29) is 16.7 Å². The Bertz CT molecular complexity index is 993. The number of benzene rings is 1. The smallest absolute Gasteiger partial charge is 0.323 e. The van der Waals surface area contributed by atoms with E-state index >= 15 is 0 Å². The van der Waals surface area contributed by atoms with Crippen molar-refractivity contribution in [3.05, 3.63) is 58.7 Å². The lowest BCUT2D eigenvalue weighted by molar-refractivity contribution is -0.149. The highest BCUT2D eigenvalue weighted by atomic mass is 16.4. The highest BCUT2D eigenvalue weighted by Crippen LogP contribution is 2.25. The zero-order valence-electron chi connectivity index (χ0n) is 16.6. The Morgan fingerprint density at radius 3 is 2.47 bits per heavy atom. The van der Waals surface area contributed by atoms with Crippen LogP contribution in [0, 0.1) is 11.3 Å². The van der Waals surface area contributed by atoms with E-state index in [0.717, 1.165) is 37.4 Å². The number of carbonyl (C=O) groups is 3. The fourth-order valence-corrected chi connectivity index (χ4v) is 3.41. The van der Waals surface area contributed by atoms with Crippen LogP contribution in [-0.2, 0) is 14.4 Å². The first-order valence-electron chi connectivity index (χ1n) is 9.56. The summed E-state index contributed by atoms with van der Waals surface area (Å²) in [6.45, 7) is 4.56. The van der Waals surface area contributed by atoms with Crippen LogP contribution in [0.15, 0.2) is 53.1 Å². The number of nitrogens with one attached hydrogen (secondary N) is 1. The third-order valence-electron chi connectivity index (χ3n) is 5.05. The van der Waals surface area contributed by atoms with Gasteiger partial charge in [0, 0.05) is 37.4 Å². The number of nitrogens with zero attached hydrogens (tertiary/aromatic N) is 3. The number of carboxylic acids is 1. The number of amides is 2.